The zero-order valence-corrected chi connectivity index (χ0v) is 30.7. The van der Waals surface area contributed by atoms with Crippen molar-refractivity contribution in [1.29, 1.82) is 0 Å². The van der Waals surface area contributed by atoms with Gasteiger partial charge in [-0.1, -0.05) is 43.7 Å². The van der Waals surface area contributed by atoms with Gasteiger partial charge in [-0.05, 0) is 62.5 Å². The molecule has 4 aliphatic rings. The molecule has 1 saturated heterocycles. The Morgan fingerprint density at radius 1 is 1.17 bits per heavy atom. The maximum absolute atomic E-state index is 14.4. The Hall–Kier alpha value is -4.25. The molecule has 1 aromatic carbocycles. The molecule has 2 aliphatic carbocycles. The van der Waals surface area contributed by atoms with E-state index in [1.165, 1.54) is 11.0 Å². The highest BCUT2D eigenvalue weighted by molar-refractivity contribution is 7.91. The number of nitrogens with one attached hydrogen (secondary N) is 3. The third kappa shape index (κ3) is 8.61. The van der Waals surface area contributed by atoms with Crippen LogP contribution in [-0.2, 0) is 24.4 Å². The van der Waals surface area contributed by atoms with Gasteiger partial charge in [0.15, 0.2) is 6.61 Å². The first-order chi connectivity index (χ1) is 25.1. The Morgan fingerprint density at radius 3 is 2.62 bits per heavy atom. The van der Waals surface area contributed by atoms with Crippen LogP contribution in [0, 0.1) is 17.8 Å². The number of aromatic nitrogens is 1. The number of alkyl halides is 2. The van der Waals surface area contributed by atoms with E-state index in [-0.39, 0.29) is 42.1 Å². The zero-order valence-electron chi connectivity index (χ0n) is 29.1. The average Bonchev–Trinajstić information content (AvgIpc) is 4.01. The Morgan fingerprint density at radius 2 is 1.92 bits per heavy atom. The molecule has 18 heteroatoms. The molecule has 14 nitrogen and oxygen atoms in total. The van der Waals surface area contributed by atoms with Gasteiger partial charge in [-0.2, -0.15) is 4.98 Å². The van der Waals surface area contributed by atoms with E-state index >= 15 is 0 Å². The first-order valence-corrected chi connectivity index (χ1v) is 19.5. The standard InChI is InChI=1S/C35H42ClF2N5O9S/c1-18-6-3-4-7-20-15-35(20,33(46)42-53(49,50)22-10-11-22)41-30(44)26-13-21(16-43(26)32(45)29(19(2)12-18)40-34(47)48)52-31-23-8-5-9-25(36)24(23)14-28(39-31)51-17-27(37)38/h4-5,7-9,14,18-22,26-27,29,40H,3,6,10-13,15-17H2,1-2H3,(H,41,44)(H,42,46)(H,47,48)/b7-4-/t18-,19+,20?,21+,26-,29-,35?/m0/s1. The zero-order chi connectivity index (χ0) is 38.2. The molecule has 3 fully saturated rings. The van der Waals surface area contributed by atoms with E-state index in [0.717, 1.165) is 0 Å². The lowest BCUT2D eigenvalue weighted by Gasteiger charge is -2.32. The summed E-state index contributed by atoms with van der Waals surface area (Å²) < 4.78 is 65.2. The molecule has 2 aromatic rings. The maximum atomic E-state index is 14.4. The van der Waals surface area contributed by atoms with Crippen LogP contribution >= 0.6 is 11.6 Å². The fourth-order valence-corrected chi connectivity index (χ4v) is 8.88. The van der Waals surface area contributed by atoms with E-state index in [1.54, 1.807) is 31.2 Å². The highest BCUT2D eigenvalue weighted by atomic mass is 35.5. The first kappa shape index (κ1) is 38.5. The van der Waals surface area contributed by atoms with Gasteiger partial charge >= 0.3 is 6.09 Å². The smallest absolute Gasteiger partial charge is 0.405 e. The SMILES string of the molecule is C[C@H]1CC/C=C\C2CC2(C(=O)NS(=O)(=O)C2CC2)NC(=O)[C@@H]2C[C@@H](Oc3nc(OCC(F)F)cc4c(Cl)cccc34)CN2C(=O)[C@@H](NC(=O)O)[C@H](C)C1. The molecular formula is C35H42ClF2N5O9S. The predicted molar refractivity (Wildman–Crippen MR) is 188 cm³/mol. The Kier molecular flexibility index (Phi) is 11.1. The van der Waals surface area contributed by atoms with Crippen molar-refractivity contribution in [3.63, 3.8) is 0 Å². The second kappa shape index (κ2) is 15.2. The predicted octanol–water partition coefficient (Wildman–Crippen LogP) is 4.01. The van der Waals surface area contributed by atoms with Crippen molar-refractivity contribution in [2.75, 3.05) is 13.2 Å². The fourth-order valence-electron chi connectivity index (χ4n) is 7.29. The van der Waals surface area contributed by atoms with Gasteiger partial charge in [-0.3, -0.25) is 19.1 Å². The number of carboxylic acid groups (broad SMARTS) is 1. The summed E-state index contributed by atoms with van der Waals surface area (Å²) in [5, 5.41) is 15.2. The number of allylic oxidation sites excluding steroid dienone is 1. The molecule has 0 bridgehead atoms. The van der Waals surface area contributed by atoms with Crippen LogP contribution in [0.2, 0.25) is 5.02 Å². The number of carbonyl (C=O) groups excluding carboxylic acids is 3. The van der Waals surface area contributed by atoms with Crippen LogP contribution in [0.1, 0.15) is 58.8 Å². The summed E-state index contributed by atoms with van der Waals surface area (Å²) in [6.45, 7) is 2.57. The summed E-state index contributed by atoms with van der Waals surface area (Å²) in [5.74, 6) is -3.53. The van der Waals surface area contributed by atoms with Crippen molar-refractivity contribution >= 4 is 56.2 Å². The van der Waals surface area contributed by atoms with Crippen LogP contribution in [0.3, 0.4) is 0 Å². The third-order valence-corrected chi connectivity index (χ3v) is 12.4. The number of hydrogen-bond acceptors (Lipinski definition) is 9. The van der Waals surface area contributed by atoms with Crippen molar-refractivity contribution in [2.45, 2.75) is 94.2 Å². The lowest BCUT2D eigenvalue weighted by atomic mass is 9.88. The summed E-state index contributed by atoms with van der Waals surface area (Å²) in [6.07, 6.45) is 1.12. The van der Waals surface area contributed by atoms with Gasteiger partial charge in [0.2, 0.25) is 33.6 Å². The van der Waals surface area contributed by atoms with Crippen molar-refractivity contribution in [3.05, 3.63) is 41.4 Å². The van der Waals surface area contributed by atoms with E-state index in [4.69, 9.17) is 21.1 Å². The molecule has 0 spiro atoms. The van der Waals surface area contributed by atoms with Gasteiger partial charge in [0, 0.05) is 34.2 Å². The molecule has 4 amide bonds. The number of halogens is 3. The molecule has 288 valence electrons. The number of ether oxygens (including phenoxy) is 2. The summed E-state index contributed by atoms with van der Waals surface area (Å²) in [5.41, 5.74) is -1.61. The first-order valence-electron chi connectivity index (χ1n) is 17.6. The monoisotopic (exact) mass is 781 g/mol. The lowest BCUT2D eigenvalue weighted by molar-refractivity contribution is -0.142. The molecule has 1 aromatic heterocycles. The number of nitrogens with zero attached hydrogens (tertiary/aromatic N) is 2. The van der Waals surface area contributed by atoms with Gasteiger partial charge in [0.25, 0.3) is 12.3 Å². The minimum Gasteiger partial charge on any atom is -0.472 e. The van der Waals surface area contributed by atoms with Gasteiger partial charge in [-0.25, -0.2) is 22.0 Å². The molecule has 2 aliphatic heterocycles. The molecule has 4 N–H and O–H groups in total. The van der Waals surface area contributed by atoms with E-state index < -0.39 is 87.7 Å². The highest BCUT2D eigenvalue weighted by Crippen LogP contribution is 2.46. The van der Waals surface area contributed by atoms with Crippen molar-refractivity contribution in [2.24, 2.45) is 17.8 Å². The number of benzene rings is 1. The van der Waals surface area contributed by atoms with Crippen molar-refractivity contribution in [3.8, 4) is 11.8 Å². The maximum Gasteiger partial charge on any atom is 0.405 e. The molecule has 6 rings (SSSR count). The van der Waals surface area contributed by atoms with Gasteiger partial charge in [0.05, 0.1) is 11.8 Å². The topological polar surface area (TPSA) is 193 Å². The van der Waals surface area contributed by atoms with Crippen molar-refractivity contribution < 1.29 is 51.0 Å². The Labute approximate surface area is 310 Å². The van der Waals surface area contributed by atoms with E-state index in [9.17, 15) is 41.5 Å². The van der Waals surface area contributed by atoms with E-state index in [1.807, 2.05) is 13.0 Å². The van der Waals surface area contributed by atoms with Crippen LogP contribution in [-0.4, -0.2) is 95.8 Å². The number of hydrogen-bond donors (Lipinski definition) is 4. The molecule has 0 radical (unpaired) electrons. The van der Waals surface area contributed by atoms with Crippen LogP contribution in [0.4, 0.5) is 13.6 Å². The molecule has 3 heterocycles. The minimum atomic E-state index is -3.96. The third-order valence-electron chi connectivity index (χ3n) is 10.3. The minimum absolute atomic E-state index is 0.0641. The number of pyridine rings is 1. The van der Waals surface area contributed by atoms with Crippen LogP contribution in [0.15, 0.2) is 36.4 Å². The summed E-state index contributed by atoms with van der Waals surface area (Å²) in [4.78, 5) is 59.8. The molecule has 53 heavy (non-hydrogen) atoms. The van der Waals surface area contributed by atoms with E-state index in [0.29, 0.717) is 42.9 Å². The van der Waals surface area contributed by atoms with Crippen LogP contribution in [0.25, 0.3) is 10.8 Å². The fraction of sp³-hybridized carbons (Fsp3) is 0.571. The largest absolute Gasteiger partial charge is 0.472 e. The quantitative estimate of drug-likeness (QED) is 0.270. The van der Waals surface area contributed by atoms with Crippen molar-refractivity contribution in [1.82, 2.24) is 25.2 Å². The summed E-state index contributed by atoms with van der Waals surface area (Å²) in [7, 11) is -3.96. The van der Waals surface area contributed by atoms with Gasteiger partial charge in [-0.15, -0.1) is 0 Å². The summed E-state index contributed by atoms with van der Waals surface area (Å²) in [6, 6.07) is 3.71. The molecular weight excluding hydrogens is 740 g/mol. The lowest BCUT2D eigenvalue weighted by Crippen LogP contribution is -2.59. The normalized spacial score (nSPS) is 30.0. The Bertz CT molecular complexity index is 1920. The van der Waals surface area contributed by atoms with Crippen LogP contribution in [0.5, 0.6) is 11.8 Å². The van der Waals surface area contributed by atoms with Gasteiger partial charge in [0.1, 0.15) is 23.7 Å². The van der Waals surface area contributed by atoms with Crippen LogP contribution < -0.4 is 24.8 Å². The number of sulfonamides is 1. The second-order valence-corrected chi connectivity index (χ2v) is 16.9. The number of amides is 4. The van der Waals surface area contributed by atoms with Gasteiger partial charge < -0.3 is 30.1 Å². The Balaban J connectivity index is 1.35. The molecule has 2 unspecified atom stereocenters. The number of fused-ring (bicyclic) bond motifs is 3. The molecule has 2 saturated carbocycles. The highest BCUT2D eigenvalue weighted by Gasteiger charge is 2.62. The summed E-state index contributed by atoms with van der Waals surface area (Å²) >= 11 is 6.42. The molecule has 7 atom stereocenters. The van der Waals surface area contributed by atoms with E-state index in [2.05, 4.69) is 20.3 Å². The second-order valence-electron chi connectivity index (χ2n) is 14.5. The number of rotatable bonds is 9. The average molecular weight is 782 g/mol. The number of carbonyl (C=O) groups is 4.